The van der Waals surface area contributed by atoms with Gasteiger partial charge in [0.05, 0.1) is 12.5 Å². The number of aromatic amines is 1. The number of nitrogens with one attached hydrogen (secondary N) is 1. The molecule has 1 N–H and O–H groups in total. The van der Waals surface area contributed by atoms with Gasteiger partial charge in [-0.2, -0.15) is 14.9 Å². The summed E-state index contributed by atoms with van der Waals surface area (Å²) in [6.07, 6.45) is 5.27. The average molecular weight is 324 g/mol. The number of nitrogens with zero attached hydrogens (tertiary/aromatic N) is 3. The van der Waals surface area contributed by atoms with E-state index in [0.717, 1.165) is 22.5 Å². The van der Waals surface area contributed by atoms with Crippen molar-refractivity contribution in [2.75, 3.05) is 0 Å². The van der Waals surface area contributed by atoms with Gasteiger partial charge in [-0.05, 0) is 55.4 Å². The van der Waals surface area contributed by atoms with E-state index in [1.54, 1.807) is 17.2 Å². The molecule has 0 amide bonds. The van der Waals surface area contributed by atoms with Crippen LogP contribution in [0.1, 0.15) is 18.2 Å². The van der Waals surface area contributed by atoms with Crippen molar-refractivity contribution >= 4 is 24.5 Å². The minimum Gasteiger partial charge on any atom is -0.465 e. The van der Waals surface area contributed by atoms with E-state index >= 15 is 0 Å². The molecule has 2 heterocycles. The summed E-state index contributed by atoms with van der Waals surface area (Å²) in [5, 5.41) is 11.5. The first-order chi connectivity index (χ1) is 11.1. The molecule has 0 saturated heterocycles. The maximum absolute atomic E-state index is 5.29. The van der Waals surface area contributed by atoms with E-state index in [4.69, 9.17) is 16.6 Å². The van der Waals surface area contributed by atoms with Gasteiger partial charge in [-0.1, -0.05) is 24.3 Å². The molecule has 5 nitrogen and oxygen atoms in total. The molecule has 1 aromatic carbocycles. The smallest absolute Gasteiger partial charge is 0.216 e. The van der Waals surface area contributed by atoms with Gasteiger partial charge < -0.3 is 4.42 Å². The van der Waals surface area contributed by atoms with Crippen LogP contribution in [-0.2, 0) is 0 Å². The van der Waals surface area contributed by atoms with Crippen LogP contribution in [0.15, 0.2) is 57.8 Å². The Bertz CT molecular complexity index is 916. The lowest BCUT2D eigenvalue weighted by Crippen LogP contribution is -1.96. The van der Waals surface area contributed by atoms with Crippen LogP contribution in [0.3, 0.4) is 0 Å². The van der Waals surface area contributed by atoms with Gasteiger partial charge in [0.1, 0.15) is 5.76 Å². The normalized spacial score (nSPS) is 12.2. The van der Waals surface area contributed by atoms with Crippen molar-refractivity contribution in [3.05, 3.63) is 64.3 Å². The topological polar surface area (TPSA) is 59.1 Å². The first kappa shape index (κ1) is 15.2. The van der Waals surface area contributed by atoms with E-state index in [0.29, 0.717) is 10.6 Å². The van der Waals surface area contributed by atoms with Crippen LogP contribution < -0.4 is 0 Å². The highest BCUT2D eigenvalue weighted by Gasteiger charge is 2.09. The van der Waals surface area contributed by atoms with Crippen molar-refractivity contribution < 1.29 is 4.42 Å². The van der Waals surface area contributed by atoms with Crippen LogP contribution in [-0.4, -0.2) is 21.1 Å². The third-order valence-electron chi connectivity index (χ3n) is 3.33. The number of hydrogen-bond acceptors (Lipinski definition) is 4. The molecule has 0 saturated carbocycles. The number of hydrogen-bond donors (Lipinski definition) is 1. The molecule has 116 valence electrons. The number of allylic oxidation sites excluding steroid dienone is 1. The van der Waals surface area contributed by atoms with Gasteiger partial charge in [-0.3, -0.25) is 0 Å². The summed E-state index contributed by atoms with van der Waals surface area (Å²) in [7, 11) is 0. The number of benzene rings is 1. The van der Waals surface area contributed by atoms with Crippen molar-refractivity contribution in [1.82, 2.24) is 14.9 Å². The lowest BCUT2D eigenvalue weighted by Gasteiger charge is -2.04. The molecule has 0 bridgehead atoms. The summed E-state index contributed by atoms with van der Waals surface area (Å²) >= 11 is 5.28. The van der Waals surface area contributed by atoms with Crippen LogP contribution in [0.4, 0.5) is 0 Å². The quantitative estimate of drug-likeness (QED) is 0.570. The fourth-order valence-corrected chi connectivity index (χ4v) is 2.36. The summed E-state index contributed by atoms with van der Waals surface area (Å²) in [6.45, 7) is 3.98. The second-order valence-corrected chi connectivity index (χ2v) is 5.51. The van der Waals surface area contributed by atoms with Crippen molar-refractivity contribution in [2.45, 2.75) is 13.8 Å². The van der Waals surface area contributed by atoms with E-state index < -0.39 is 0 Å². The Balaban J connectivity index is 1.95. The van der Waals surface area contributed by atoms with E-state index in [9.17, 15) is 0 Å². The highest BCUT2D eigenvalue weighted by molar-refractivity contribution is 7.71. The second-order valence-electron chi connectivity index (χ2n) is 5.13. The zero-order valence-corrected chi connectivity index (χ0v) is 13.7. The van der Waals surface area contributed by atoms with Gasteiger partial charge >= 0.3 is 0 Å². The van der Waals surface area contributed by atoms with Gasteiger partial charge in [0, 0.05) is 5.56 Å². The van der Waals surface area contributed by atoms with Gasteiger partial charge in [-0.15, -0.1) is 0 Å². The SMILES string of the molecule is CC(/C=N/n1c(-c2ccccc2C)n[nH]c1=S)=C\c1ccco1. The highest BCUT2D eigenvalue weighted by Crippen LogP contribution is 2.21. The van der Waals surface area contributed by atoms with Crippen molar-refractivity contribution in [3.63, 3.8) is 0 Å². The predicted molar refractivity (Wildman–Crippen MR) is 93.8 cm³/mol. The number of rotatable bonds is 4. The Morgan fingerprint density at radius 1 is 1.30 bits per heavy atom. The predicted octanol–water partition coefficient (Wildman–Crippen LogP) is 4.45. The van der Waals surface area contributed by atoms with Crippen LogP contribution in [0.2, 0.25) is 0 Å². The Labute approximate surface area is 139 Å². The zero-order chi connectivity index (χ0) is 16.2. The van der Waals surface area contributed by atoms with Crippen LogP contribution in [0, 0.1) is 11.7 Å². The van der Waals surface area contributed by atoms with Crippen molar-refractivity contribution in [3.8, 4) is 11.4 Å². The monoisotopic (exact) mass is 324 g/mol. The first-order valence-electron chi connectivity index (χ1n) is 7.15. The van der Waals surface area contributed by atoms with Crippen LogP contribution in [0.25, 0.3) is 17.5 Å². The molecule has 6 heteroatoms. The largest absolute Gasteiger partial charge is 0.465 e. The molecular weight excluding hydrogens is 308 g/mol. The minimum atomic E-state index is 0.449. The van der Waals surface area contributed by atoms with Gasteiger partial charge in [0.25, 0.3) is 0 Å². The van der Waals surface area contributed by atoms with Crippen LogP contribution in [0.5, 0.6) is 0 Å². The molecular formula is C17H16N4OS. The Morgan fingerprint density at radius 2 is 2.13 bits per heavy atom. The van der Waals surface area contributed by atoms with Gasteiger partial charge in [-0.25, -0.2) is 5.10 Å². The molecule has 0 aliphatic rings. The molecule has 0 radical (unpaired) electrons. The fourth-order valence-electron chi connectivity index (χ4n) is 2.18. The minimum absolute atomic E-state index is 0.449. The summed E-state index contributed by atoms with van der Waals surface area (Å²) in [5.74, 6) is 1.47. The van der Waals surface area contributed by atoms with Crippen molar-refractivity contribution in [1.29, 1.82) is 0 Å². The Morgan fingerprint density at radius 3 is 2.87 bits per heavy atom. The molecule has 0 spiro atoms. The molecule has 0 aliphatic carbocycles. The lowest BCUT2D eigenvalue weighted by molar-refractivity contribution is 0.557. The molecule has 3 aromatic rings. The third kappa shape index (κ3) is 3.37. The van der Waals surface area contributed by atoms with Crippen LogP contribution >= 0.6 is 12.2 Å². The number of aryl methyl sites for hydroxylation is 1. The molecule has 0 aliphatic heterocycles. The molecule has 23 heavy (non-hydrogen) atoms. The summed E-state index contributed by atoms with van der Waals surface area (Å²) in [6, 6.07) is 11.7. The van der Waals surface area contributed by atoms with Gasteiger partial charge in [0.2, 0.25) is 4.77 Å². The lowest BCUT2D eigenvalue weighted by atomic mass is 10.1. The number of furan rings is 1. The summed E-state index contributed by atoms with van der Waals surface area (Å²) in [5.41, 5.74) is 3.05. The third-order valence-corrected chi connectivity index (χ3v) is 3.59. The van der Waals surface area contributed by atoms with E-state index in [-0.39, 0.29) is 0 Å². The Kier molecular flexibility index (Phi) is 4.34. The number of H-pyrrole nitrogens is 1. The average Bonchev–Trinajstić information content (AvgIpc) is 3.16. The highest BCUT2D eigenvalue weighted by atomic mass is 32.1. The zero-order valence-electron chi connectivity index (χ0n) is 12.9. The molecule has 0 unspecified atom stereocenters. The van der Waals surface area contributed by atoms with Gasteiger partial charge in [0.15, 0.2) is 5.82 Å². The number of aromatic nitrogens is 3. The molecule has 3 rings (SSSR count). The standard InChI is InChI=1S/C17H16N4OS/c1-12(10-14-7-5-9-22-14)11-18-21-16(19-20-17(21)23)15-8-4-3-6-13(15)2/h3-11H,1-2H3,(H,20,23)/b12-10+,18-11+. The maximum Gasteiger partial charge on any atom is 0.216 e. The van der Waals surface area contributed by atoms with E-state index in [1.807, 2.05) is 56.3 Å². The first-order valence-corrected chi connectivity index (χ1v) is 7.55. The van der Waals surface area contributed by atoms with E-state index in [1.165, 1.54) is 0 Å². The fraction of sp³-hybridized carbons (Fsp3) is 0.118. The van der Waals surface area contributed by atoms with Crippen molar-refractivity contribution in [2.24, 2.45) is 5.10 Å². The molecule has 0 atom stereocenters. The summed E-state index contributed by atoms with van der Waals surface area (Å²) in [4.78, 5) is 0. The summed E-state index contributed by atoms with van der Waals surface area (Å²) < 4.78 is 7.36. The maximum atomic E-state index is 5.29. The van der Waals surface area contributed by atoms with E-state index in [2.05, 4.69) is 15.3 Å². The second kappa shape index (κ2) is 6.58. The Hall–Kier alpha value is -2.73. The molecule has 0 fully saturated rings. The molecule has 2 aromatic heterocycles.